The molecule has 0 aromatic heterocycles. The van der Waals surface area contributed by atoms with Gasteiger partial charge in [-0.25, -0.2) is 0 Å². The van der Waals surface area contributed by atoms with Crippen molar-refractivity contribution in [2.24, 2.45) is 5.92 Å². The third-order valence-electron chi connectivity index (χ3n) is 3.10. The number of fused-ring (bicyclic) bond motifs is 1. The van der Waals surface area contributed by atoms with Crippen molar-refractivity contribution in [3.8, 4) is 5.75 Å². The van der Waals surface area contributed by atoms with Crippen LogP contribution in [0.1, 0.15) is 33.6 Å². The summed E-state index contributed by atoms with van der Waals surface area (Å²) in [5.41, 5.74) is 1.08. The van der Waals surface area contributed by atoms with Gasteiger partial charge in [-0.05, 0) is 31.0 Å². The van der Waals surface area contributed by atoms with Gasteiger partial charge in [0.25, 0.3) is 5.91 Å². The number of carbonyl (C=O) groups excluding carboxylic acids is 2. The van der Waals surface area contributed by atoms with E-state index in [4.69, 9.17) is 4.74 Å². The lowest BCUT2D eigenvalue weighted by Crippen LogP contribution is -2.24. The SMILES string of the molecule is O=C1NCCOc2ccc(C(=O)C3CC3)cc21. The molecule has 4 nitrogen and oxygen atoms in total. The van der Waals surface area contributed by atoms with E-state index in [0.717, 1.165) is 12.8 Å². The summed E-state index contributed by atoms with van der Waals surface area (Å²) in [6.45, 7) is 0.966. The summed E-state index contributed by atoms with van der Waals surface area (Å²) < 4.78 is 5.44. The van der Waals surface area contributed by atoms with Gasteiger partial charge in [-0.3, -0.25) is 9.59 Å². The maximum atomic E-state index is 11.9. The zero-order valence-corrected chi connectivity index (χ0v) is 9.36. The lowest BCUT2D eigenvalue weighted by molar-refractivity contribution is 0.0957. The molecule has 3 rings (SSSR count). The number of hydrogen-bond acceptors (Lipinski definition) is 3. The van der Waals surface area contributed by atoms with Crippen LogP contribution >= 0.6 is 0 Å². The molecule has 0 radical (unpaired) electrons. The molecule has 1 aliphatic carbocycles. The Balaban J connectivity index is 1.98. The van der Waals surface area contributed by atoms with Gasteiger partial charge in [0.2, 0.25) is 0 Å². The summed E-state index contributed by atoms with van der Waals surface area (Å²) in [4.78, 5) is 23.7. The predicted octanol–water partition coefficient (Wildman–Crippen LogP) is 1.40. The topological polar surface area (TPSA) is 55.4 Å². The molecule has 1 aromatic rings. The van der Waals surface area contributed by atoms with Gasteiger partial charge in [-0.15, -0.1) is 0 Å². The molecule has 1 aromatic carbocycles. The Morgan fingerprint density at radius 2 is 2.18 bits per heavy atom. The lowest BCUT2D eigenvalue weighted by atomic mass is 10.0. The highest BCUT2D eigenvalue weighted by Gasteiger charge is 2.31. The summed E-state index contributed by atoms with van der Waals surface area (Å²) >= 11 is 0. The normalized spacial score (nSPS) is 18.7. The van der Waals surface area contributed by atoms with E-state index in [1.165, 1.54) is 0 Å². The molecule has 4 heteroatoms. The Labute approximate surface area is 99.0 Å². The van der Waals surface area contributed by atoms with Gasteiger partial charge in [-0.2, -0.15) is 0 Å². The fourth-order valence-corrected chi connectivity index (χ4v) is 1.99. The predicted molar refractivity (Wildman–Crippen MR) is 61.3 cm³/mol. The fraction of sp³-hybridized carbons (Fsp3) is 0.385. The van der Waals surface area contributed by atoms with Crippen molar-refractivity contribution in [3.05, 3.63) is 29.3 Å². The maximum Gasteiger partial charge on any atom is 0.255 e. The van der Waals surface area contributed by atoms with Gasteiger partial charge in [0, 0.05) is 11.5 Å². The van der Waals surface area contributed by atoms with Gasteiger partial charge in [-0.1, -0.05) is 0 Å². The van der Waals surface area contributed by atoms with Crippen LogP contribution in [0, 0.1) is 5.92 Å². The Kier molecular flexibility index (Phi) is 2.35. The Bertz CT molecular complexity index is 491. The van der Waals surface area contributed by atoms with Crippen LogP contribution in [-0.2, 0) is 0 Å². The Morgan fingerprint density at radius 1 is 1.35 bits per heavy atom. The minimum atomic E-state index is -0.164. The molecule has 0 bridgehead atoms. The van der Waals surface area contributed by atoms with E-state index in [2.05, 4.69) is 5.32 Å². The average Bonchev–Trinajstić information content (AvgIpc) is 3.17. The zero-order chi connectivity index (χ0) is 11.8. The minimum Gasteiger partial charge on any atom is -0.491 e. The second-order valence-corrected chi connectivity index (χ2v) is 4.45. The van der Waals surface area contributed by atoms with E-state index in [1.807, 2.05) is 0 Å². The number of hydrogen-bond donors (Lipinski definition) is 1. The maximum absolute atomic E-state index is 11.9. The van der Waals surface area contributed by atoms with Crippen molar-refractivity contribution in [1.29, 1.82) is 0 Å². The van der Waals surface area contributed by atoms with Gasteiger partial charge >= 0.3 is 0 Å². The second-order valence-electron chi connectivity index (χ2n) is 4.45. The first-order valence-corrected chi connectivity index (χ1v) is 5.85. The highest BCUT2D eigenvalue weighted by atomic mass is 16.5. The van der Waals surface area contributed by atoms with Crippen LogP contribution in [0.3, 0.4) is 0 Å². The summed E-state index contributed by atoms with van der Waals surface area (Å²) in [5.74, 6) is 0.711. The van der Waals surface area contributed by atoms with E-state index in [9.17, 15) is 9.59 Å². The van der Waals surface area contributed by atoms with Gasteiger partial charge in [0.05, 0.1) is 12.1 Å². The number of rotatable bonds is 2. The highest BCUT2D eigenvalue weighted by molar-refractivity contribution is 6.03. The molecule has 0 spiro atoms. The number of ketones is 1. The van der Waals surface area contributed by atoms with Crippen molar-refractivity contribution < 1.29 is 14.3 Å². The van der Waals surface area contributed by atoms with E-state index < -0.39 is 0 Å². The molecule has 0 unspecified atom stereocenters. The fourth-order valence-electron chi connectivity index (χ4n) is 1.99. The first-order chi connectivity index (χ1) is 8.25. The number of Topliss-reactive ketones (excluding diaryl/α,β-unsaturated/α-hetero) is 1. The first kappa shape index (κ1) is 10.3. The Morgan fingerprint density at radius 3 is 2.94 bits per heavy atom. The van der Waals surface area contributed by atoms with Gasteiger partial charge in [0.1, 0.15) is 12.4 Å². The van der Waals surface area contributed by atoms with E-state index in [-0.39, 0.29) is 17.6 Å². The van der Waals surface area contributed by atoms with E-state index in [0.29, 0.717) is 30.0 Å². The molecular weight excluding hydrogens is 218 g/mol. The summed E-state index contributed by atoms with van der Waals surface area (Å²) in [6.07, 6.45) is 1.94. The molecule has 0 atom stereocenters. The third kappa shape index (κ3) is 1.90. The zero-order valence-electron chi connectivity index (χ0n) is 9.36. The number of benzene rings is 1. The number of amides is 1. The molecular formula is C13H13NO3. The minimum absolute atomic E-state index is 0.143. The molecule has 1 fully saturated rings. The van der Waals surface area contributed by atoms with Gasteiger partial charge < -0.3 is 10.1 Å². The highest BCUT2D eigenvalue weighted by Crippen LogP contribution is 2.33. The monoisotopic (exact) mass is 231 g/mol. The molecule has 88 valence electrons. The van der Waals surface area contributed by atoms with Crippen LogP contribution in [0.15, 0.2) is 18.2 Å². The van der Waals surface area contributed by atoms with Gasteiger partial charge in [0.15, 0.2) is 5.78 Å². The average molecular weight is 231 g/mol. The Hall–Kier alpha value is -1.84. The van der Waals surface area contributed by atoms with Crippen molar-refractivity contribution in [3.63, 3.8) is 0 Å². The van der Waals surface area contributed by atoms with Crippen LogP contribution in [0.2, 0.25) is 0 Å². The van der Waals surface area contributed by atoms with Crippen LogP contribution in [0.5, 0.6) is 5.75 Å². The molecule has 1 aliphatic heterocycles. The summed E-state index contributed by atoms with van der Waals surface area (Å²) in [7, 11) is 0. The van der Waals surface area contributed by atoms with Crippen molar-refractivity contribution in [1.82, 2.24) is 5.32 Å². The number of nitrogens with one attached hydrogen (secondary N) is 1. The lowest BCUT2D eigenvalue weighted by Gasteiger charge is -2.07. The molecule has 17 heavy (non-hydrogen) atoms. The largest absolute Gasteiger partial charge is 0.491 e. The molecule has 0 saturated heterocycles. The number of carbonyl (C=O) groups is 2. The van der Waals surface area contributed by atoms with Crippen LogP contribution in [0.25, 0.3) is 0 Å². The standard InChI is InChI=1S/C13H13NO3/c15-12(8-1-2-8)9-3-4-11-10(7-9)13(16)14-5-6-17-11/h3-4,7-8H,1-2,5-6H2,(H,14,16). The first-order valence-electron chi connectivity index (χ1n) is 5.85. The molecule has 2 aliphatic rings. The van der Waals surface area contributed by atoms with Crippen molar-refractivity contribution in [2.75, 3.05) is 13.2 Å². The smallest absolute Gasteiger partial charge is 0.255 e. The van der Waals surface area contributed by atoms with Crippen molar-refractivity contribution >= 4 is 11.7 Å². The van der Waals surface area contributed by atoms with Crippen LogP contribution in [0.4, 0.5) is 0 Å². The quantitative estimate of drug-likeness (QED) is 0.783. The molecule has 1 heterocycles. The van der Waals surface area contributed by atoms with Crippen LogP contribution in [-0.4, -0.2) is 24.8 Å². The summed E-state index contributed by atoms with van der Waals surface area (Å²) in [5, 5.41) is 2.74. The molecule has 1 N–H and O–H groups in total. The molecule has 1 saturated carbocycles. The molecule has 1 amide bonds. The van der Waals surface area contributed by atoms with Crippen molar-refractivity contribution in [2.45, 2.75) is 12.8 Å². The number of ether oxygens (including phenoxy) is 1. The van der Waals surface area contributed by atoms with E-state index in [1.54, 1.807) is 18.2 Å². The summed E-state index contributed by atoms with van der Waals surface area (Å²) in [6, 6.07) is 5.12. The second kappa shape index (κ2) is 3.87. The van der Waals surface area contributed by atoms with E-state index >= 15 is 0 Å². The third-order valence-corrected chi connectivity index (χ3v) is 3.10. The van der Waals surface area contributed by atoms with Crippen LogP contribution < -0.4 is 10.1 Å².